The molecule has 21 heavy (non-hydrogen) atoms. The summed E-state index contributed by atoms with van der Waals surface area (Å²) >= 11 is 18.2. The van der Waals surface area contributed by atoms with E-state index >= 15 is 0 Å². The number of carbonyl (C=O) groups excluding carboxylic acids is 2. The first kappa shape index (κ1) is 20.0. The molecule has 122 valence electrons. The third kappa shape index (κ3) is 7.83. The second kappa shape index (κ2) is 10.6. The van der Waals surface area contributed by atoms with Crippen molar-refractivity contribution in [2.45, 2.75) is 33.9 Å². The molecule has 0 bridgehead atoms. The van der Waals surface area contributed by atoms with Crippen molar-refractivity contribution in [2.75, 3.05) is 16.8 Å². The van der Waals surface area contributed by atoms with Gasteiger partial charge in [-0.2, -0.15) is 0 Å². The molecule has 4 atom stereocenters. The Morgan fingerprint density at radius 2 is 1.43 bits per heavy atom. The van der Waals surface area contributed by atoms with Crippen molar-refractivity contribution in [1.82, 2.24) is 0 Å². The summed E-state index contributed by atoms with van der Waals surface area (Å²) in [6, 6.07) is 0. The van der Waals surface area contributed by atoms with Crippen molar-refractivity contribution >= 4 is 82.2 Å². The summed E-state index contributed by atoms with van der Waals surface area (Å²) in [6.45, 7) is 2.74. The highest BCUT2D eigenvalue weighted by Gasteiger charge is 2.35. The summed E-state index contributed by atoms with van der Waals surface area (Å²) in [5.74, 6) is -0.198. The minimum Gasteiger partial charge on any atom is -0.450 e. The van der Waals surface area contributed by atoms with Crippen LogP contribution in [0.4, 0.5) is 0 Å². The highest BCUT2D eigenvalue weighted by Crippen LogP contribution is 2.50. The van der Waals surface area contributed by atoms with E-state index in [1.165, 1.54) is 37.4 Å². The number of hydrogen-bond acceptors (Lipinski definition) is 8. The lowest BCUT2D eigenvalue weighted by molar-refractivity contribution is -0.142. The molecule has 1 rings (SSSR count). The number of alkyl halides is 2. The maximum absolute atomic E-state index is 11.0. The van der Waals surface area contributed by atoms with E-state index in [2.05, 4.69) is 0 Å². The van der Waals surface area contributed by atoms with Crippen molar-refractivity contribution in [1.29, 1.82) is 0 Å². The quantitative estimate of drug-likeness (QED) is 0.340. The van der Waals surface area contributed by atoms with E-state index < -0.39 is 0 Å². The van der Waals surface area contributed by atoms with E-state index in [9.17, 15) is 9.59 Å². The molecule has 0 aliphatic carbocycles. The van der Waals surface area contributed by atoms with Crippen LogP contribution in [-0.2, 0) is 19.1 Å². The van der Waals surface area contributed by atoms with Crippen molar-refractivity contribution in [3.8, 4) is 0 Å². The minimum absolute atomic E-state index is 0.198. The molecule has 0 aromatic carbocycles. The fraction of sp³-hybridized carbons (Fsp3) is 0.818. The molecule has 10 heteroatoms. The molecular formula is C11H16Cl2O4S4. The zero-order valence-corrected chi connectivity index (χ0v) is 16.2. The Bertz CT molecular complexity index is 329. The first-order chi connectivity index (χ1) is 9.96. The number of thioether (sulfide) groups is 4. The molecule has 0 saturated carbocycles. The Balaban J connectivity index is 2.53. The standard InChI is InChI=1S/C11H16Cl2O4S4/c1-6(14)16-8(3-12)20-10-11(19-5-18-10)21-9(4-13)17-7(2)15/h8-11H,3-5H2,1-2H3. The summed E-state index contributed by atoms with van der Waals surface area (Å²) in [4.78, 5) is 22.1. The number of esters is 2. The highest BCUT2D eigenvalue weighted by atomic mass is 35.5. The van der Waals surface area contributed by atoms with Gasteiger partial charge in [-0.25, -0.2) is 0 Å². The lowest BCUT2D eigenvalue weighted by Crippen LogP contribution is -2.23. The van der Waals surface area contributed by atoms with Gasteiger partial charge in [0, 0.05) is 18.9 Å². The largest absolute Gasteiger partial charge is 0.450 e. The molecule has 0 amide bonds. The maximum atomic E-state index is 11.0. The van der Waals surface area contributed by atoms with E-state index in [0.717, 1.165) is 5.08 Å². The number of carbonyl (C=O) groups is 2. The van der Waals surface area contributed by atoms with Gasteiger partial charge in [-0.05, 0) is 0 Å². The normalized spacial score (nSPS) is 24.4. The average Bonchev–Trinajstić information content (AvgIpc) is 2.83. The maximum Gasteiger partial charge on any atom is 0.303 e. The van der Waals surface area contributed by atoms with Crippen LogP contribution in [-0.4, -0.2) is 48.8 Å². The van der Waals surface area contributed by atoms with Crippen molar-refractivity contribution in [2.24, 2.45) is 0 Å². The fourth-order valence-electron chi connectivity index (χ4n) is 1.40. The summed E-state index contributed by atoms with van der Waals surface area (Å²) in [5.41, 5.74) is -0.738. The Hall–Kier alpha value is 0.920. The molecule has 4 nitrogen and oxygen atoms in total. The smallest absolute Gasteiger partial charge is 0.303 e. The minimum atomic E-state index is -0.369. The Morgan fingerprint density at radius 3 is 1.71 bits per heavy atom. The van der Waals surface area contributed by atoms with Crippen molar-refractivity contribution in [3.63, 3.8) is 0 Å². The van der Waals surface area contributed by atoms with Crippen LogP contribution in [0.15, 0.2) is 0 Å². The molecule has 0 aromatic rings. The Labute approximate surface area is 151 Å². The Morgan fingerprint density at radius 1 is 1.05 bits per heavy atom. The molecule has 1 fully saturated rings. The number of halogens is 2. The van der Waals surface area contributed by atoms with Gasteiger partial charge in [-0.15, -0.1) is 70.2 Å². The zero-order valence-electron chi connectivity index (χ0n) is 11.5. The van der Waals surface area contributed by atoms with Crippen LogP contribution in [0.5, 0.6) is 0 Å². The van der Waals surface area contributed by atoms with E-state index in [1.807, 2.05) is 0 Å². The molecule has 1 aliphatic heterocycles. The van der Waals surface area contributed by atoms with Gasteiger partial charge in [0.1, 0.15) is 0 Å². The molecule has 1 aliphatic rings. The first-order valence-electron chi connectivity index (χ1n) is 5.96. The second-order valence-corrected chi connectivity index (χ2v) is 10.3. The summed E-state index contributed by atoms with van der Waals surface area (Å²) in [5, 5.41) is 0.930. The van der Waals surface area contributed by atoms with Gasteiger partial charge >= 0.3 is 11.9 Å². The Kier molecular flexibility index (Phi) is 10.1. The molecule has 1 saturated heterocycles. The van der Waals surface area contributed by atoms with Gasteiger partial charge in [0.15, 0.2) is 10.9 Å². The van der Waals surface area contributed by atoms with Crippen LogP contribution in [0.2, 0.25) is 0 Å². The first-order valence-corrected chi connectivity index (χ1v) is 11.0. The van der Waals surface area contributed by atoms with Gasteiger partial charge in [-0.1, -0.05) is 0 Å². The molecule has 4 unspecified atom stereocenters. The molecular weight excluding hydrogens is 395 g/mol. The van der Waals surface area contributed by atoms with Gasteiger partial charge in [-0.3, -0.25) is 9.59 Å². The average molecular weight is 411 g/mol. The van der Waals surface area contributed by atoms with Gasteiger partial charge < -0.3 is 9.47 Å². The predicted molar refractivity (Wildman–Crippen MR) is 95.4 cm³/mol. The predicted octanol–water partition coefficient (Wildman–Crippen LogP) is 3.80. The van der Waals surface area contributed by atoms with Crippen LogP contribution < -0.4 is 0 Å². The highest BCUT2D eigenvalue weighted by molar-refractivity contribution is 8.32. The van der Waals surface area contributed by atoms with E-state index in [0.29, 0.717) is 0 Å². The van der Waals surface area contributed by atoms with Crippen LogP contribution in [0, 0.1) is 0 Å². The van der Waals surface area contributed by atoms with Crippen LogP contribution in [0.25, 0.3) is 0 Å². The van der Waals surface area contributed by atoms with Crippen LogP contribution >= 0.6 is 70.2 Å². The summed E-state index contributed by atoms with van der Waals surface area (Å²) in [6.07, 6.45) is 0. The van der Waals surface area contributed by atoms with Gasteiger partial charge in [0.05, 0.1) is 20.9 Å². The number of rotatable bonds is 8. The molecule has 0 radical (unpaired) electrons. The van der Waals surface area contributed by atoms with Gasteiger partial charge in [0.25, 0.3) is 0 Å². The second-order valence-electron chi connectivity index (χ2n) is 3.85. The number of ether oxygens (including phenoxy) is 2. The van der Waals surface area contributed by atoms with E-state index in [1.54, 1.807) is 23.5 Å². The lowest BCUT2D eigenvalue weighted by atomic mass is 10.7. The zero-order chi connectivity index (χ0) is 15.8. The van der Waals surface area contributed by atoms with Crippen LogP contribution in [0.1, 0.15) is 13.8 Å². The topological polar surface area (TPSA) is 52.6 Å². The number of hydrogen-bond donors (Lipinski definition) is 0. The van der Waals surface area contributed by atoms with Crippen molar-refractivity contribution < 1.29 is 19.1 Å². The van der Waals surface area contributed by atoms with E-state index in [4.69, 9.17) is 32.7 Å². The fourth-order valence-corrected chi connectivity index (χ4v) is 9.13. The lowest BCUT2D eigenvalue weighted by Gasteiger charge is -2.24. The summed E-state index contributed by atoms with van der Waals surface area (Å²) in [7, 11) is 0. The summed E-state index contributed by atoms with van der Waals surface area (Å²) < 4.78 is 10.7. The SMILES string of the molecule is CC(=O)OC(CCl)SC1SCSC1SC(CCl)OC(C)=O. The van der Waals surface area contributed by atoms with E-state index in [-0.39, 0.29) is 43.7 Å². The third-order valence-electron chi connectivity index (χ3n) is 2.11. The molecule has 0 aromatic heterocycles. The van der Waals surface area contributed by atoms with Gasteiger partial charge in [0.2, 0.25) is 0 Å². The van der Waals surface area contributed by atoms with Crippen molar-refractivity contribution in [3.05, 3.63) is 0 Å². The monoisotopic (exact) mass is 410 g/mol. The molecule has 0 N–H and O–H groups in total. The van der Waals surface area contributed by atoms with Crippen LogP contribution in [0.3, 0.4) is 0 Å². The molecule has 0 spiro atoms. The third-order valence-corrected chi connectivity index (χ3v) is 9.71. The molecule has 1 heterocycles.